The van der Waals surface area contributed by atoms with Crippen molar-refractivity contribution < 1.29 is 74.5 Å². The molecule has 596 valence electrons. The van der Waals surface area contributed by atoms with Crippen molar-refractivity contribution in [3.8, 4) is 0 Å². The van der Waals surface area contributed by atoms with Crippen LogP contribution in [0.4, 0.5) is 0 Å². The summed E-state index contributed by atoms with van der Waals surface area (Å²) < 4.78 is 117. The average Bonchev–Trinajstić information content (AvgIpc) is 0.777. The quantitative estimate of drug-likeness (QED) is 0.0257. The second-order valence-electron chi connectivity index (χ2n) is 32.0. The molecule has 8 aromatic carbocycles. The Morgan fingerprint density at radius 1 is 0.315 bits per heavy atom. The van der Waals surface area contributed by atoms with E-state index in [0.29, 0.717) is 79.6 Å². The first-order valence-corrected chi connectivity index (χ1v) is 44.9. The summed E-state index contributed by atoms with van der Waals surface area (Å²) >= 11 is 0. The van der Waals surface area contributed by atoms with Crippen LogP contribution >= 0.6 is 29.5 Å². The van der Waals surface area contributed by atoms with Crippen LogP contribution in [0, 0.1) is 88.5 Å². The van der Waals surface area contributed by atoms with E-state index in [4.69, 9.17) is 37.0 Å². The van der Waals surface area contributed by atoms with Gasteiger partial charge in [0.25, 0.3) is 22.1 Å². The lowest BCUT2D eigenvalue weighted by atomic mass is 9.71. The highest BCUT2D eigenvalue weighted by Gasteiger charge is 2.48. The first-order valence-electron chi connectivity index (χ1n) is 38.4. The number of hydrogen-bond donors (Lipinski definition) is 0. The van der Waals surface area contributed by atoms with E-state index in [0.717, 1.165) is 22.3 Å². The van der Waals surface area contributed by atoms with E-state index < -0.39 is 79.4 Å². The smallest absolute Gasteiger partial charge is 0.301 e. The zero-order chi connectivity index (χ0) is 81.7. The third-order valence-corrected chi connectivity index (χ3v) is 30.4. The molecule has 8 aromatic rings. The number of carbonyl (C=O) groups is 4. The molecule has 7 unspecified atom stereocenters. The maximum Gasteiger partial charge on any atom is 0.301 e. The van der Waals surface area contributed by atoms with Crippen molar-refractivity contribution in [2.24, 2.45) is 5.41 Å². The Kier molecular flexibility index (Phi) is 30.3. The van der Waals surface area contributed by atoms with E-state index in [9.17, 15) is 14.4 Å². The minimum atomic E-state index is -4.35. The normalized spacial score (nSPS) is 15.9. The molecule has 8 rings (SSSR count). The van der Waals surface area contributed by atoms with Crippen LogP contribution in [-0.4, -0.2) is 97.4 Å². The van der Waals surface area contributed by atoms with Crippen molar-refractivity contribution in [2.45, 2.75) is 199 Å². The summed E-state index contributed by atoms with van der Waals surface area (Å²) in [4.78, 5) is 59.8. The zero-order valence-electron chi connectivity index (χ0n) is 68.9. The molecule has 0 saturated carbocycles. The summed E-state index contributed by atoms with van der Waals surface area (Å²) in [7, 11) is -17.3. The first-order chi connectivity index (χ1) is 52.1. The Balaban J connectivity index is 1.16. The molecule has 0 aliphatic heterocycles. The molecular formula is C91H116O16P4. The van der Waals surface area contributed by atoms with E-state index in [1.165, 1.54) is 0 Å². The molecule has 0 fully saturated rings. The Bertz CT molecular complexity index is 4730. The third-order valence-electron chi connectivity index (χ3n) is 20.9. The predicted octanol–water partition coefficient (Wildman–Crippen LogP) is 21.0. The lowest BCUT2D eigenvalue weighted by Gasteiger charge is -2.45. The van der Waals surface area contributed by atoms with Crippen LogP contribution in [0.25, 0.3) is 0 Å². The number of hydrogen-bond acceptors (Lipinski definition) is 16. The molecule has 0 saturated heterocycles. The van der Waals surface area contributed by atoms with Crippen molar-refractivity contribution in [3.05, 3.63) is 259 Å². The van der Waals surface area contributed by atoms with Crippen LogP contribution in [0.3, 0.4) is 0 Å². The maximum atomic E-state index is 15.9. The number of ether oxygens (including phenoxy) is 4. The summed E-state index contributed by atoms with van der Waals surface area (Å²) in [5.74, 6) is 0. The second kappa shape index (κ2) is 37.5. The molecule has 0 bridgehead atoms. The van der Waals surface area contributed by atoms with Gasteiger partial charge in [-0.25, -0.2) is 0 Å². The monoisotopic (exact) mass is 1590 g/mol. The molecule has 0 aliphatic rings. The predicted molar refractivity (Wildman–Crippen MR) is 449 cm³/mol. The summed E-state index contributed by atoms with van der Waals surface area (Å²) in [6.45, 7) is 36.8. The van der Waals surface area contributed by atoms with E-state index in [1.54, 1.807) is 135 Å². The molecule has 0 amide bonds. The van der Waals surface area contributed by atoms with Gasteiger partial charge in [0.1, 0.15) is 0 Å². The minimum absolute atomic E-state index is 0.0237. The summed E-state index contributed by atoms with van der Waals surface area (Å²) in [6.07, 6.45) is 1.45. The van der Waals surface area contributed by atoms with Gasteiger partial charge >= 0.3 is 29.5 Å². The second-order valence-corrected chi connectivity index (χ2v) is 41.0. The highest BCUT2D eigenvalue weighted by molar-refractivity contribution is 7.84. The lowest BCUT2D eigenvalue weighted by Crippen LogP contribution is -2.47. The fourth-order valence-electron chi connectivity index (χ4n) is 15.5. The number of rotatable bonds is 42. The van der Waals surface area contributed by atoms with E-state index in [2.05, 4.69) is 0 Å². The topological polar surface area (TPSA) is 210 Å². The van der Waals surface area contributed by atoms with Crippen LogP contribution in [-0.2, 0) is 55.3 Å². The van der Waals surface area contributed by atoms with Gasteiger partial charge in [-0.05, 0) is 256 Å². The van der Waals surface area contributed by atoms with Gasteiger partial charge < -0.3 is 37.0 Å². The molecule has 0 aromatic heterocycles. The van der Waals surface area contributed by atoms with Crippen molar-refractivity contribution in [2.75, 3.05) is 52.9 Å². The van der Waals surface area contributed by atoms with Crippen LogP contribution in [0.15, 0.2) is 170 Å². The molecular weight excluding hydrogens is 1470 g/mol. The molecule has 16 nitrogen and oxygen atoms in total. The SMILES string of the molecule is CCC(C)(CC(COCCOP(=O)(C(=O)c1c(C)cc(C)cc1C)c1ccccc1)(COCCC(C)(CC)OP(=O)(C(=O)c1c(C)cc(C)cc1C)c1ccccc1)CC(C)(C)OCCC(C)(C)OP(=O)(C(=O)c1c(C)cc(C)cc1C)c1ccccc1)OCCOP(=O)(C(=O)c1c(C)cc(C)cc1C)c1ccccc1. The van der Waals surface area contributed by atoms with Gasteiger partial charge in [0.05, 0.1) is 68.7 Å². The molecule has 20 heteroatoms. The molecule has 111 heavy (non-hydrogen) atoms. The van der Waals surface area contributed by atoms with Crippen LogP contribution < -0.4 is 21.2 Å². The number of benzene rings is 8. The van der Waals surface area contributed by atoms with Crippen LogP contribution in [0.5, 0.6) is 0 Å². The summed E-state index contributed by atoms with van der Waals surface area (Å²) in [5.41, 5.74) is 2.46. The fourth-order valence-corrected chi connectivity index (χ4v) is 24.5. The first kappa shape index (κ1) is 89.6. The standard InChI is InChI=1S/C91H116O16P4/c1-21-89(19,107-111(99,78-41-33-26-34-42-78)86(95)82-73(13)57-66(6)58-74(82)14)44-45-100-61-91(62-101-47-49-104-108(96,75-35-27-23-28-36-75)83(92)79-67(7)51-63(3)52-68(79)8,60-90(20,22-2)103-48-50-105-109(97,76-37-29-24-30-38-76)84(93)80-69(9)53-64(4)54-70(80)10)59-88(17,18)102-46-43-87(15,16)106-110(98,77-39-31-25-32-40-77)85(94)81-71(11)55-65(5)56-72(81)12/h23-42,51-58H,21-22,43-50,59-62H2,1-20H3. The third kappa shape index (κ3) is 21.9. The van der Waals surface area contributed by atoms with Crippen molar-refractivity contribution in [1.29, 1.82) is 0 Å². The van der Waals surface area contributed by atoms with Gasteiger partial charge in [-0.15, -0.1) is 0 Å². The highest BCUT2D eigenvalue weighted by atomic mass is 31.2. The molecule has 0 spiro atoms. The maximum absolute atomic E-state index is 15.9. The van der Waals surface area contributed by atoms with Crippen molar-refractivity contribution >= 4 is 72.8 Å². The van der Waals surface area contributed by atoms with E-state index in [1.807, 2.05) is 173 Å². The lowest BCUT2D eigenvalue weighted by molar-refractivity contribution is -0.142. The molecule has 0 aliphatic carbocycles. The van der Waals surface area contributed by atoms with E-state index in [-0.39, 0.29) is 99.8 Å². The molecule has 0 radical (unpaired) electrons. The molecule has 7 atom stereocenters. The van der Waals surface area contributed by atoms with Crippen molar-refractivity contribution in [1.82, 2.24) is 0 Å². The average molecular weight is 1590 g/mol. The Labute approximate surface area is 660 Å². The van der Waals surface area contributed by atoms with Gasteiger partial charge in [0.2, 0.25) is 0 Å². The van der Waals surface area contributed by atoms with Gasteiger partial charge in [0.15, 0.2) is 0 Å². The minimum Gasteiger partial charge on any atom is -0.381 e. The van der Waals surface area contributed by atoms with Gasteiger partial charge in [-0.3, -0.25) is 37.4 Å². The van der Waals surface area contributed by atoms with Gasteiger partial charge in [-0.2, -0.15) is 0 Å². The largest absolute Gasteiger partial charge is 0.381 e. The van der Waals surface area contributed by atoms with Gasteiger partial charge in [0, 0.05) is 55.5 Å². The Morgan fingerprint density at radius 3 is 0.946 bits per heavy atom. The van der Waals surface area contributed by atoms with Gasteiger partial charge in [-0.1, -0.05) is 157 Å². The fraction of sp³-hybridized carbons (Fsp3) is 0.429. The number of aryl methyl sites for hydroxylation is 12. The summed E-state index contributed by atoms with van der Waals surface area (Å²) in [5, 5.41) is 1.00. The molecule has 0 heterocycles. The Hall–Kier alpha value is -6.96. The Morgan fingerprint density at radius 2 is 0.613 bits per heavy atom. The van der Waals surface area contributed by atoms with Crippen LogP contribution in [0.1, 0.15) is 202 Å². The number of carbonyl (C=O) groups excluding carboxylic acids is 4. The van der Waals surface area contributed by atoms with E-state index >= 15 is 23.1 Å². The highest BCUT2D eigenvalue weighted by Crippen LogP contribution is 2.57. The summed E-state index contributed by atoms with van der Waals surface area (Å²) in [6, 6.07) is 49.3. The zero-order valence-corrected chi connectivity index (χ0v) is 72.5. The molecule has 0 N–H and O–H groups in total. The van der Waals surface area contributed by atoms with Crippen molar-refractivity contribution in [3.63, 3.8) is 0 Å². The van der Waals surface area contributed by atoms with Crippen LogP contribution in [0.2, 0.25) is 0 Å².